The van der Waals surface area contributed by atoms with Gasteiger partial charge in [0.05, 0.1) is 51.4 Å². The highest BCUT2D eigenvalue weighted by Gasteiger charge is 2.42. The van der Waals surface area contributed by atoms with Gasteiger partial charge < -0.3 is 15.4 Å². The average molecular weight is 959 g/mol. The number of anilines is 3. The molecule has 2 unspecified atom stereocenters. The third kappa shape index (κ3) is 9.57. The number of carbonyl (C=O) groups is 3. The summed E-state index contributed by atoms with van der Waals surface area (Å²) >= 11 is 52.5. The van der Waals surface area contributed by atoms with Gasteiger partial charge in [0, 0.05) is 16.3 Å². The molecule has 0 spiro atoms. The maximum absolute atomic E-state index is 14.4. The maximum Gasteiger partial charge on any atom is 0.267 e. The summed E-state index contributed by atoms with van der Waals surface area (Å²) in [7, 11) is 0. The minimum Gasteiger partial charge on any atom is -0.480 e. The van der Waals surface area contributed by atoms with E-state index in [2.05, 4.69) is 16.1 Å². The summed E-state index contributed by atoms with van der Waals surface area (Å²) in [6, 6.07) is 22.0. The molecule has 18 heteroatoms. The van der Waals surface area contributed by atoms with E-state index < -0.39 is 23.2 Å². The predicted molar refractivity (Wildman–Crippen MR) is 240 cm³/mol. The van der Waals surface area contributed by atoms with Crippen LogP contribution < -0.4 is 25.8 Å². The first kappa shape index (κ1) is 44.0. The lowest BCUT2D eigenvalue weighted by Gasteiger charge is -2.21. The van der Waals surface area contributed by atoms with Gasteiger partial charge in [-0.3, -0.25) is 19.8 Å². The second-order valence-corrected chi connectivity index (χ2v) is 17.0. The van der Waals surface area contributed by atoms with Gasteiger partial charge in [0.2, 0.25) is 0 Å². The Kier molecular flexibility index (Phi) is 14.3. The zero-order chi connectivity index (χ0) is 42.0. The highest BCUT2D eigenvalue weighted by molar-refractivity contribution is 8.01. The van der Waals surface area contributed by atoms with Crippen molar-refractivity contribution in [1.29, 1.82) is 0 Å². The van der Waals surface area contributed by atoms with Gasteiger partial charge >= 0.3 is 0 Å². The van der Waals surface area contributed by atoms with Gasteiger partial charge in [0.15, 0.2) is 6.10 Å². The highest BCUT2D eigenvalue weighted by Crippen LogP contribution is 2.49. The minimum atomic E-state index is -1.08. The molecule has 0 radical (unpaired) electrons. The van der Waals surface area contributed by atoms with Crippen LogP contribution in [0.4, 0.5) is 22.7 Å². The standard InChI is InChI=1S/C40H29Cl8N5O4S/c1-4-27(57-28-14-11-18(2)15-19(28)3)38(54)49-20-7-5-8-22(16-20)58-36-37(52-53(40(36)56)35-33(47)31(45)30(44)32(46)34(35)48)51-26-17-21(12-13-23(26)41)50-39(55)29-24(42)9-6-10-25(29)43/h5-17,27,36H,4H2,1-3H3,(H,49,54)(H,50,55)(H,51,52). The molecule has 1 fully saturated rings. The molecule has 2 atom stereocenters. The van der Waals surface area contributed by atoms with Crippen LogP contribution >= 0.6 is 105 Å². The summed E-state index contributed by atoms with van der Waals surface area (Å²) in [6.07, 6.45) is -0.360. The molecule has 1 aliphatic heterocycles. The maximum atomic E-state index is 14.4. The second-order valence-electron chi connectivity index (χ2n) is 12.7. The first-order chi connectivity index (χ1) is 27.6. The van der Waals surface area contributed by atoms with E-state index in [-0.39, 0.29) is 68.9 Å². The summed E-state index contributed by atoms with van der Waals surface area (Å²) in [5.74, 6) is -0.789. The van der Waals surface area contributed by atoms with E-state index in [0.29, 0.717) is 28.4 Å². The van der Waals surface area contributed by atoms with Crippen molar-refractivity contribution in [1.82, 2.24) is 5.43 Å². The van der Waals surface area contributed by atoms with E-state index >= 15 is 0 Å². The number of hydrazine groups is 1. The molecule has 6 rings (SSSR count). The zero-order valence-electron chi connectivity index (χ0n) is 30.3. The number of benzene rings is 5. The van der Waals surface area contributed by atoms with E-state index in [0.717, 1.165) is 27.9 Å². The molecule has 58 heavy (non-hydrogen) atoms. The summed E-state index contributed by atoms with van der Waals surface area (Å²) in [5, 5.41) is 5.52. The van der Waals surface area contributed by atoms with Crippen LogP contribution in [0.15, 0.2) is 88.8 Å². The van der Waals surface area contributed by atoms with Gasteiger partial charge in [-0.2, -0.15) is 0 Å². The smallest absolute Gasteiger partial charge is 0.267 e. The molecule has 5 aromatic carbocycles. The Labute approximate surface area is 378 Å². The lowest BCUT2D eigenvalue weighted by molar-refractivity contribution is -0.122. The summed E-state index contributed by atoms with van der Waals surface area (Å²) in [5.41, 5.74) is 5.91. The summed E-state index contributed by atoms with van der Waals surface area (Å²) in [6.45, 7) is 5.76. The van der Waals surface area contributed by atoms with Crippen molar-refractivity contribution in [3.05, 3.63) is 136 Å². The van der Waals surface area contributed by atoms with Crippen molar-refractivity contribution in [3.8, 4) is 5.75 Å². The third-order valence-corrected chi connectivity index (χ3v) is 13.0. The van der Waals surface area contributed by atoms with Gasteiger partial charge in [0.25, 0.3) is 17.7 Å². The number of aryl methyl sites for hydroxylation is 2. The molecular weight excluding hydrogens is 930 g/mol. The van der Waals surface area contributed by atoms with E-state index in [1.54, 1.807) is 48.5 Å². The van der Waals surface area contributed by atoms with Crippen LogP contribution in [0.1, 0.15) is 34.8 Å². The molecule has 0 aliphatic carbocycles. The van der Waals surface area contributed by atoms with Crippen LogP contribution in [-0.4, -0.2) is 34.9 Å². The van der Waals surface area contributed by atoms with Crippen molar-refractivity contribution in [3.63, 3.8) is 0 Å². The Morgan fingerprint density at radius 1 is 0.793 bits per heavy atom. The van der Waals surface area contributed by atoms with E-state index in [1.807, 2.05) is 39.0 Å². The Morgan fingerprint density at radius 3 is 2.09 bits per heavy atom. The van der Waals surface area contributed by atoms with Gasteiger partial charge in [-0.15, -0.1) is 11.8 Å². The number of hydrogen-bond acceptors (Lipinski definition) is 6. The Morgan fingerprint density at radius 2 is 1.43 bits per heavy atom. The van der Waals surface area contributed by atoms with Crippen molar-refractivity contribution in [2.24, 2.45) is 4.99 Å². The van der Waals surface area contributed by atoms with Gasteiger partial charge in [-0.05, 0) is 80.4 Å². The molecule has 9 nitrogen and oxygen atoms in total. The number of nitrogens with one attached hydrogen (secondary N) is 3. The van der Waals surface area contributed by atoms with E-state index in [9.17, 15) is 14.4 Å². The van der Waals surface area contributed by atoms with E-state index in [4.69, 9.17) is 103 Å². The van der Waals surface area contributed by atoms with Crippen molar-refractivity contribution in [2.75, 3.05) is 15.6 Å². The number of amidine groups is 1. The number of aliphatic imine (C=N–C) groups is 1. The number of amides is 3. The number of nitrogens with zero attached hydrogens (tertiary/aromatic N) is 2. The van der Waals surface area contributed by atoms with Gasteiger partial charge in [-0.25, -0.2) is 10.0 Å². The first-order valence-corrected chi connectivity index (χ1v) is 21.0. The normalized spacial score (nSPS) is 15.0. The first-order valence-electron chi connectivity index (χ1n) is 17.1. The third-order valence-electron chi connectivity index (χ3n) is 8.58. The average Bonchev–Trinajstić information content (AvgIpc) is 3.47. The van der Waals surface area contributed by atoms with Gasteiger partial charge in [0.1, 0.15) is 22.5 Å². The lowest BCUT2D eigenvalue weighted by atomic mass is 10.1. The van der Waals surface area contributed by atoms with Crippen LogP contribution in [-0.2, 0) is 9.59 Å². The number of carbonyl (C=O) groups excluding carboxylic acids is 3. The number of halogens is 8. The zero-order valence-corrected chi connectivity index (χ0v) is 37.2. The van der Waals surface area contributed by atoms with Crippen LogP contribution in [0.2, 0.25) is 40.2 Å². The van der Waals surface area contributed by atoms with Crippen LogP contribution in [0.5, 0.6) is 5.75 Å². The van der Waals surface area contributed by atoms with Crippen molar-refractivity contribution >= 4 is 151 Å². The molecule has 5 aromatic rings. The van der Waals surface area contributed by atoms with Crippen LogP contribution in [0.25, 0.3) is 0 Å². The summed E-state index contributed by atoms with van der Waals surface area (Å²) in [4.78, 5) is 46.3. The molecule has 1 saturated heterocycles. The van der Waals surface area contributed by atoms with Gasteiger partial charge in [-0.1, -0.05) is 130 Å². The second kappa shape index (κ2) is 18.8. The Hall–Kier alpha value is -3.55. The molecule has 1 heterocycles. The SMILES string of the molecule is CCC(Oc1ccc(C)cc1C)C(=O)Nc1cccc(SC2C(=O)N(c3c(Cl)c(Cl)c(Cl)c(Cl)c3Cl)NC2=Nc2cc(NC(=O)c3c(Cl)cccc3Cl)ccc2Cl)c1. The number of rotatable bonds is 11. The predicted octanol–water partition coefficient (Wildman–Crippen LogP) is 13.3. The number of thioether (sulfide) groups is 1. The number of hydrogen-bond donors (Lipinski definition) is 3. The fraction of sp³-hybridized carbons (Fsp3) is 0.150. The van der Waals surface area contributed by atoms with Crippen molar-refractivity contribution in [2.45, 2.75) is 43.4 Å². The molecule has 300 valence electrons. The molecule has 3 N–H and O–H groups in total. The van der Waals surface area contributed by atoms with Crippen molar-refractivity contribution < 1.29 is 19.1 Å². The molecule has 0 bridgehead atoms. The molecule has 3 amide bonds. The van der Waals surface area contributed by atoms with E-state index in [1.165, 1.54) is 12.1 Å². The Bertz CT molecular complexity index is 2460. The van der Waals surface area contributed by atoms with Crippen LogP contribution in [0.3, 0.4) is 0 Å². The number of ether oxygens (including phenoxy) is 1. The molecule has 0 aromatic heterocycles. The highest BCUT2D eigenvalue weighted by atomic mass is 35.5. The largest absolute Gasteiger partial charge is 0.480 e. The fourth-order valence-corrected chi connectivity index (χ4v) is 8.81. The Balaban J connectivity index is 1.33. The quantitative estimate of drug-likeness (QED) is 0.0898. The molecular formula is C40H29Cl8N5O4S. The fourth-order valence-electron chi connectivity index (χ4n) is 5.74. The summed E-state index contributed by atoms with van der Waals surface area (Å²) < 4.78 is 6.09. The monoisotopic (exact) mass is 955 g/mol. The van der Waals surface area contributed by atoms with Crippen LogP contribution in [0, 0.1) is 13.8 Å². The molecule has 0 saturated carbocycles. The minimum absolute atomic E-state index is 0.0669. The lowest BCUT2D eigenvalue weighted by Crippen LogP contribution is -2.36. The topological polar surface area (TPSA) is 112 Å². The molecule has 1 aliphatic rings.